The molecule has 0 aliphatic carbocycles. The molecular formula is C29H25N7O3S. The normalized spacial score (nSPS) is 13.1. The second-order valence-electron chi connectivity index (χ2n) is 9.71. The number of hydrogen-bond donors (Lipinski definition) is 2. The van der Waals surface area contributed by atoms with Crippen LogP contribution >= 0.6 is 12.2 Å². The van der Waals surface area contributed by atoms with Crippen LogP contribution in [0.25, 0.3) is 27.5 Å². The number of carbonyl (C=O) groups is 1. The zero-order valence-corrected chi connectivity index (χ0v) is 22.4. The second kappa shape index (κ2) is 10.3. The first kappa shape index (κ1) is 25.4. The molecule has 11 heteroatoms. The summed E-state index contributed by atoms with van der Waals surface area (Å²) in [5.41, 5.74) is 4.36. The average molecular weight is 552 g/mol. The van der Waals surface area contributed by atoms with Gasteiger partial charge in [-0.1, -0.05) is 36.4 Å². The third-order valence-corrected chi connectivity index (χ3v) is 7.27. The first-order chi connectivity index (χ1) is 19.4. The maximum absolute atomic E-state index is 12.9. The molecule has 0 unspecified atom stereocenters. The van der Waals surface area contributed by atoms with E-state index in [1.165, 1.54) is 6.07 Å². The highest BCUT2D eigenvalue weighted by Gasteiger charge is 2.24. The number of aryl methyl sites for hydroxylation is 1. The third kappa shape index (κ3) is 4.82. The lowest BCUT2D eigenvalue weighted by Crippen LogP contribution is -2.34. The van der Waals surface area contributed by atoms with E-state index >= 15 is 0 Å². The van der Waals surface area contributed by atoms with Gasteiger partial charge in [0, 0.05) is 35.8 Å². The largest absolute Gasteiger partial charge is 0.366 e. The van der Waals surface area contributed by atoms with Crippen molar-refractivity contribution in [3.8, 4) is 5.69 Å². The van der Waals surface area contributed by atoms with Gasteiger partial charge in [0.05, 0.1) is 10.6 Å². The van der Waals surface area contributed by atoms with Crippen LogP contribution in [0.4, 0.5) is 17.1 Å². The van der Waals surface area contributed by atoms with Gasteiger partial charge in [0.2, 0.25) is 0 Å². The summed E-state index contributed by atoms with van der Waals surface area (Å²) in [6.45, 7) is 3.43. The summed E-state index contributed by atoms with van der Waals surface area (Å²) >= 11 is 5.40. The molecule has 0 atom stereocenters. The van der Waals surface area contributed by atoms with Crippen LogP contribution in [0.2, 0.25) is 0 Å². The fraction of sp³-hybridized carbons (Fsp3) is 0.172. The van der Waals surface area contributed by atoms with E-state index in [-0.39, 0.29) is 16.4 Å². The predicted molar refractivity (Wildman–Crippen MR) is 159 cm³/mol. The van der Waals surface area contributed by atoms with Gasteiger partial charge in [-0.05, 0) is 73.3 Å². The molecule has 4 aromatic carbocycles. The quantitative estimate of drug-likeness (QED) is 0.167. The van der Waals surface area contributed by atoms with Crippen LogP contribution in [0.3, 0.4) is 0 Å². The predicted octanol–water partition coefficient (Wildman–Crippen LogP) is 5.52. The number of carbonyl (C=O) groups excluding carboxylic acids is 1. The SMILES string of the molecule is Cc1cc2nn(-c3cccc4ccccc34)nc2cc1NC(=S)NC(=O)c1ccc(N2CCCC2)c([N+](=O)[O-])c1. The fourth-order valence-corrected chi connectivity index (χ4v) is 5.26. The van der Waals surface area contributed by atoms with Gasteiger partial charge in [-0.2, -0.15) is 0 Å². The van der Waals surface area contributed by atoms with E-state index < -0.39 is 10.8 Å². The third-order valence-electron chi connectivity index (χ3n) is 7.06. The number of nitrogens with zero attached hydrogens (tertiary/aromatic N) is 5. The molecule has 1 saturated heterocycles. The van der Waals surface area contributed by atoms with E-state index in [9.17, 15) is 14.9 Å². The number of fused-ring (bicyclic) bond motifs is 2. The summed E-state index contributed by atoms with van der Waals surface area (Å²) in [5.74, 6) is -0.533. The lowest BCUT2D eigenvalue weighted by Gasteiger charge is -2.18. The van der Waals surface area contributed by atoms with Gasteiger partial charge in [-0.3, -0.25) is 20.2 Å². The van der Waals surface area contributed by atoms with Crippen molar-refractivity contribution in [2.75, 3.05) is 23.3 Å². The Kier molecular flexibility index (Phi) is 6.56. The van der Waals surface area contributed by atoms with Crippen molar-refractivity contribution in [2.24, 2.45) is 0 Å². The second-order valence-corrected chi connectivity index (χ2v) is 10.1. The molecule has 2 heterocycles. The average Bonchev–Trinajstić information content (AvgIpc) is 3.63. The number of rotatable bonds is 5. The number of aromatic nitrogens is 3. The fourth-order valence-electron chi connectivity index (χ4n) is 5.06. The van der Waals surface area contributed by atoms with Gasteiger partial charge < -0.3 is 10.2 Å². The van der Waals surface area contributed by atoms with E-state index in [4.69, 9.17) is 12.2 Å². The minimum Gasteiger partial charge on any atom is -0.366 e. The summed E-state index contributed by atoms with van der Waals surface area (Å²) in [6, 6.07) is 22.3. The van der Waals surface area contributed by atoms with Gasteiger partial charge in [0.1, 0.15) is 16.7 Å². The van der Waals surface area contributed by atoms with Crippen molar-refractivity contribution in [3.05, 3.63) is 94.0 Å². The zero-order valence-electron chi connectivity index (χ0n) is 21.6. The number of hydrogen-bond acceptors (Lipinski definition) is 7. The van der Waals surface area contributed by atoms with E-state index in [2.05, 4.69) is 20.8 Å². The molecule has 10 nitrogen and oxygen atoms in total. The molecule has 5 aromatic rings. The highest BCUT2D eigenvalue weighted by molar-refractivity contribution is 7.80. The Morgan fingerprint density at radius 1 is 0.950 bits per heavy atom. The highest BCUT2D eigenvalue weighted by Crippen LogP contribution is 2.32. The minimum atomic E-state index is -0.533. The summed E-state index contributed by atoms with van der Waals surface area (Å²) in [6.07, 6.45) is 1.98. The van der Waals surface area contributed by atoms with Gasteiger partial charge >= 0.3 is 0 Å². The van der Waals surface area contributed by atoms with E-state index in [0.29, 0.717) is 16.9 Å². The van der Waals surface area contributed by atoms with Gasteiger partial charge in [0.15, 0.2) is 5.11 Å². The van der Waals surface area contributed by atoms with Gasteiger partial charge in [-0.25, -0.2) is 0 Å². The van der Waals surface area contributed by atoms with Crippen molar-refractivity contribution < 1.29 is 9.72 Å². The molecule has 1 amide bonds. The van der Waals surface area contributed by atoms with Crippen molar-refractivity contribution in [1.29, 1.82) is 0 Å². The summed E-state index contributed by atoms with van der Waals surface area (Å²) in [4.78, 5) is 27.8. The smallest absolute Gasteiger partial charge is 0.293 e. The Bertz CT molecular complexity index is 1810. The molecule has 2 N–H and O–H groups in total. The summed E-state index contributed by atoms with van der Waals surface area (Å²) in [7, 11) is 0. The van der Waals surface area contributed by atoms with Gasteiger partial charge in [-0.15, -0.1) is 15.0 Å². The monoisotopic (exact) mass is 551 g/mol. The summed E-state index contributed by atoms with van der Waals surface area (Å²) < 4.78 is 0. The number of nitro groups is 1. The van der Waals surface area contributed by atoms with E-state index in [1.807, 2.05) is 66.4 Å². The van der Waals surface area contributed by atoms with E-state index in [0.717, 1.165) is 53.5 Å². The highest BCUT2D eigenvalue weighted by atomic mass is 32.1. The minimum absolute atomic E-state index is 0.0696. The Morgan fingerprint density at radius 2 is 1.68 bits per heavy atom. The maximum Gasteiger partial charge on any atom is 0.293 e. The van der Waals surface area contributed by atoms with Crippen LogP contribution in [-0.2, 0) is 0 Å². The van der Waals surface area contributed by atoms with Crippen molar-refractivity contribution in [3.63, 3.8) is 0 Å². The number of nitrogens with one attached hydrogen (secondary N) is 2. The number of thiocarbonyl (C=S) groups is 1. The van der Waals surface area contributed by atoms with Crippen LogP contribution in [0.5, 0.6) is 0 Å². The molecule has 6 rings (SSSR count). The van der Waals surface area contributed by atoms with Crippen molar-refractivity contribution in [1.82, 2.24) is 20.3 Å². The Hall–Kier alpha value is -4.90. The molecule has 1 aromatic heterocycles. The first-order valence-corrected chi connectivity index (χ1v) is 13.3. The van der Waals surface area contributed by atoms with Crippen molar-refractivity contribution in [2.45, 2.75) is 19.8 Å². The molecule has 0 bridgehead atoms. The lowest BCUT2D eigenvalue weighted by molar-refractivity contribution is -0.384. The van der Waals surface area contributed by atoms with Crippen LogP contribution in [-0.4, -0.2) is 44.0 Å². The number of amides is 1. The Labute approximate surface area is 234 Å². The van der Waals surface area contributed by atoms with Crippen LogP contribution in [0, 0.1) is 17.0 Å². The number of nitro benzene ring substituents is 1. The zero-order chi connectivity index (χ0) is 27.8. The summed E-state index contributed by atoms with van der Waals surface area (Å²) in [5, 5.41) is 29.0. The standard InChI is InChI=1S/C29H25N7O3S/c1-18-15-23-24(33-35(32-23)25-10-6-8-19-7-2-3-9-21(19)25)17-22(18)30-29(40)31-28(37)20-11-12-26(27(16-20)36(38)39)34-13-4-5-14-34/h2-3,6-12,15-17H,4-5,13-14H2,1H3,(H2,30,31,37,40). The van der Waals surface area contributed by atoms with Crippen LogP contribution < -0.4 is 15.5 Å². The van der Waals surface area contributed by atoms with E-state index in [1.54, 1.807) is 16.9 Å². The molecule has 1 aliphatic heterocycles. The molecule has 0 radical (unpaired) electrons. The Balaban J connectivity index is 1.21. The lowest BCUT2D eigenvalue weighted by atomic mass is 10.1. The maximum atomic E-state index is 12.9. The molecule has 0 saturated carbocycles. The Morgan fingerprint density at radius 3 is 2.45 bits per heavy atom. The molecule has 200 valence electrons. The van der Waals surface area contributed by atoms with Crippen LogP contribution in [0.1, 0.15) is 28.8 Å². The number of benzene rings is 4. The molecular weight excluding hydrogens is 526 g/mol. The molecule has 0 spiro atoms. The molecule has 1 fully saturated rings. The van der Waals surface area contributed by atoms with Crippen LogP contribution in [0.15, 0.2) is 72.8 Å². The van der Waals surface area contributed by atoms with Gasteiger partial charge in [0.25, 0.3) is 11.6 Å². The first-order valence-electron chi connectivity index (χ1n) is 12.9. The topological polar surface area (TPSA) is 118 Å². The number of anilines is 2. The molecule has 1 aliphatic rings. The molecule has 40 heavy (non-hydrogen) atoms. The van der Waals surface area contributed by atoms with Crippen molar-refractivity contribution >= 4 is 62.1 Å².